The third-order valence-corrected chi connectivity index (χ3v) is 4.88. The van der Waals surface area contributed by atoms with Crippen molar-refractivity contribution < 1.29 is 4.39 Å². The van der Waals surface area contributed by atoms with E-state index in [0.29, 0.717) is 0 Å². The van der Waals surface area contributed by atoms with Gasteiger partial charge in [-0.2, -0.15) is 0 Å². The Bertz CT molecular complexity index is 435. The summed E-state index contributed by atoms with van der Waals surface area (Å²) in [5.74, 6) is 1.51. The number of nitrogens with one attached hydrogen (secondary N) is 1. The van der Waals surface area contributed by atoms with Crippen molar-refractivity contribution in [1.29, 1.82) is 0 Å². The average Bonchev–Trinajstić information content (AvgIpc) is 2.48. The van der Waals surface area contributed by atoms with Gasteiger partial charge in [0.2, 0.25) is 0 Å². The number of piperidine rings is 1. The number of rotatable bonds is 6. The topological polar surface area (TPSA) is 15.3 Å². The van der Waals surface area contributed by atoms with Gasteiger partial charge in [0, 0.05) is 18.2 Å². The molecule has 1 aliphatic rings. The van der Waals surface area contributed by atoms with Gasteiger partial charge in [-0.25, -0.2) is 4.39 Å². The number of hydrogen-bond donors (Lipinski definition) is 1. The molecule has 0 bridgehead atoms. The second-order valence-electron chi connectivity index (χ2n) is 6.46. The molecule has 0 amide bonds. The van der Waals surface area contributed by atoms with Gasteiger partial charge in [0.15, 0.2) is 0 Å². The maximum Gasteiger partial charge on any atom is 0.127 e. The summed E-state index contributed by atoms with van der Waals surface area (Å²) in [5, 5.41) is 3.43. The number of hydrogen-bond acceptors (Lipinski definition) is 2. The molecule has 2 rings (SSSR count). The molecule has 0 radical (unpaired) electrons. The van der Waals surface area contributed by atoms with Crippen LogP contribution in [0.3, 0.4) is 0 Å². The van der Waals surface area contributed by atoms with Crippen molar-refractivity contribution in [2.45, 2.75) is 39.7 Å². The average molecular weight is 292 g/mol. The Kier molecular flexibility index (Phi) is 6.19. The Morgan fingerprint density at radius 2 is 2.05 bits per heavy atom. The van der Waals surface area contributed by atoms with E-state index in [-0.39, 0.29) is 11.9 Å². The van der Waals surface area contributed by atoms with E-state index >= 15 is 0 Å². The molecule has 3 unspecified atom stereocenters. The Morgan fingerprint density at radius 3 is 2.71 bits per heavy atom. The Hall–Kier alpha value is -0.930. The molecular weight excluding hydrogens is 263 g/mol. The van der Waals surface area contributed by atoms with E-state index < -0.39 is 0 Å². The van der Waals surface area contributed by atoms with Crippen molar-refractivity contribution in [3.8, 4) is 0 Å². The molecule has 1 aromatic rings. The Labute approximate surface area is 128 Å². The molecule has 118 valence electrons. The third kappa shape index (κ3) is 4.52. The van der Waals surface area contributed by atoms with Gasteiger partial charge in [-0.15, -0.1) is 0 Å². The summed E-state index contributed by atoms with van der Waals surface area (Å²) in [4.78, 5) is 2.54. The zero-order valence-electron chi connectivity index (χ0n) is 13.6. The van der Waals surface area contributed by atoms with Crippen LogP contribution >= 0.6 is 0 Å². The second-order valence-corrected chi connectivity index (χ2v) is 6.46. The molecule has 0 aromatic heterocycles. The fraction of sp³-hybridized carbons (Fsp3) is 0.667. The highest BCUT2D eigenvalue weighted by molar-refractivity contribution is 5.21. The quantitative estimate of drug-likeness (QED) is 0.857. The van der Waals surface area contributed by atoms with Crippen LogP contribution in [0.2, 0.25) is 0 Å². The summed E-state index contributed by atoms with van der Waals surface area (Å²) in [5.41, 5.74) is 0.803. The standard InChI is InChI=1S/C18H29FN2/c1-4-20-18(16-7-5-6-8-17(16)19)10-12-21-11-9-14(2)15(3)13-21/h5-8,14-15,18,20H,4,9-13H2,1-3H3. The van der Waals surface area contributed by atoms with Crippen molar-refractivity contribution in [2.24, 2.45) is 11.8 Å². The van der Waals surface area contributed by atoms with E-state index in [1.165, 1.54) is 19.5 Å². The Morgan fingerprint density at radius 1 is 1.29 bits per heavy atom. The lowest BCUT2D eigenvalue weighted by Gasteiger charge is -2.36. The molecule has 1 heterocycles. The lowest BCUT2D eigenvalue weighted by atomic mass is 9.88. The molecule has 1 aromatic carbocycles. The van der Waals surface area contributed by atoms with Crippen LogP contribution in [-0.4, -0.2) is 31.1 Å². The maximum atomic E-state index is 14.0. The van der Waals surface area contributed by atoms with Gasteiger partial charge in [-0.05, 0) is 50.4 Å². The monoisotopic (exact) mass is 292 g/mol. The molecule has 0 saturated carbocycles. The highest BCUT2D eigenvalue weighted by atomic mass is 19.1. The van der Waals surface area contributed by atoms with E-state index in [2.05, 4.69) is 31.0 Å². The number of benzene rings is 1. The molecule has 0 aliphatic carbocycles. The normalized spacial score (nSPS) is 25.0. The summed E-state index contributed by atoms with van der Waals surface area (Å²) in [7, 11) is 0. The molecule has 2 nitrogen and oxygen atoms in total. The van der Waals surface area contributed by atoms with Crippen molar-refractivity contribution in [3.05, 3.63) is 35.6 Å². The first kappa shape index (κ1) is 16.4. The summed E-state index contributed by atoms with van der Waals surface area (Å²) in [6.07, 6.45) is 2.25. The van der Waals surface area contributed by atoms with Gasteiger partial charge in [0.25, 0.3) is 0 Å². The fourth-order valence-electron chi connectivity index (χ4n) is 3.24. The van der Waals surface area contributed by atoms with Crippen molar-refractivity contribution in [3.63, 3.8) is 0 Å². The summed E-state index contributed by atoms with van der Waals surface area (Å²) in [6.45, 7) is 11.0. The molecule has 3 heteroatoms. The summed E-state index contributed by atoms with van der Waals surface area (Å²) in [6, 6.07) is 7.27. The minimum Gasteiger partial charge on any atom is -0.310 e. The predicted molar refractivity (Wildman–Crippen MR) is 86.8 cm³/mol. The van der Waals surface area contributed by atoms with E-state index in [1.54, 1.807) is 12.1 Å². The first-order valence-corrected chi connectivity index (χ1v) is 8.32. The molecule has 1 saturated heterocycles. The largest absolute Gasteiger partial charge is 0.310 e. The summed E-state index contributed by atoms with van der Waals surface area (Å²) < 4.78 is 14.0. The van der Waals surface area contributed by atoms with Gasteiger partial charge >= 0.3 is 0 Å². The highest BCUT2D eigenvalue weighted by Gasteiger charge is 2.23. The van der Waals surface area contributed by atoms with Gasteiger partial charge in [-0.3, -0.25) is 0 Å². The summed E-state index contributed by atoms with van der Waals surface area (Å²) >= 11 is 0. The smallest absolute Gasteiger partial charge is 0.127 e. The van der Waals surface area contributed by atoms with Crippen LogP contribution in [-0.2, 0) is 0 Å². The maximum absolute atomic E-state index is 14.0. The van der Waals surface area contributed by atoms with Crippen molar-refractivity contribution >= 4 is 0 Å². The number of likely N-dealkylation sites (tertiary alicyclic amines) is 1. The van der Waals surface area contributed by atoms with Gasteiger partial charge in [0.1, 0.15) is 5.82 Å². The van der Waals surface area contributed by atoms with Crippen LogP contribution in [0.4, 0.5) is 4.39 Å². The van der Waals surface area contributed by atoms with Crippen LogP contribution in [0.15, 0.2) is 24.3 Å². The van der Waals surface area contributed by atoms with Crippen molar-refractivity contribution in [2.75, 3.05) is 26.2 Å². The van der Waals surface area contributed by atoms with Crippen LogP contribution in [0.1, 0.15) is 45.2 Å². The lowest BCUT2D eigenvalue weighted by molar-refractivity contribution is 0.133. The second kappa shape index (κ2) is 7.90. The zero-order valence-corrected chi connectivity index (χ0v) is 13.6. The van der Waals surface area contributed by atoms with E-state index in [1.807, 2.05) is 12.1 Å². The first-order chi connectivity index (χ1) is 10.1. The lowest BCUT2D eigenvalue weighted by Crippen LogP contribution is -2.40. The SMILES string of the molecule is CCNC(CCN1CCC(C)C(C)C1)c1ccccc1F. The third-order valence-electron chi connectivity index (χ3n) is 4.88. The fourth-order valence-corrected chi connectivity index (χ4v) is 3.24. The predicted octanol–water partition coefficient (Wildman–Crippen LogP) is 3.84. The van der Waals surface area contributed by atoms with Gasteiger partial charge in [0.05, 0.1) is 0 Å². The van der Waals surface area contributed by atoms with Crippen LogP contribution in [0.25, 0.3) is 0 Å². The van der Waals surface area contributed by atoms with E-state index in [9.17, 15) is 4.39 Å². The molecule has 1 aliphatic heterocycles. The van der Waals surface area contributed by atoms with Crippen LogP contribution < -0.4 is 5.32 Å². The zero-order chi connectivity index (χ0) is 15.2. The van der Waals surface area contributed by atoms with E-state index in [4.69, 9.17) is 0 Å². The Balaban J connectivity index is 1.93. The molecule has 21 heavy (non-hydrogen) atoms. The molecule has 0 spiro atoms. The highest BCUT2D eigenvalue weighted by Crippen LogP contribution is 2.25. The van der Waals surface area contributed by atoms with E-state index in [0.717, 1.165) is 36.9 Å². The molecule has 1 fully saturated rings. The minimum absolute atomic E-state index is 0.0934. The molecule has 3 atom stereocenters. The number of nitrogens with zero attached hydrogens (tertiary/aromatic N) is 1. The van der Waals surface area contributed by atoms with Gasteiger partial charge in [-0.1, -0.05) is 39.0 Å². The first-order valence-electron chi connectivity index (χ1n) is 8.32. The molecular formula is C18H29FN2. The number of halogens is 1. The van der Waals surface area contributed by atoms with Crippen LogP contribution in [0, 0.1) is 17.7 Å². The van der Waals surface area contributed by atoms with Crippen LogP contribution in [0.5, 0.6) is 0 Å². The van der Waals surface area contributed by atoms with Gasteiger partial charge < -0.3 is 10.2 Å². The molecule has 1 N–H and O–H groups in total. The van der Waals surface area contributed by atoms with Crippen molar-refractivity contribution in [1.82, 2.24) is 10.2 Å². The minimum atomic E-state index is -0.0934.